The van der Waals surface area contributed by atoms with Gasteiger partial charge in [0.05, 0.1) is 12.9 Å². The second kappa shape index (κ2) is 7.51. The van der Waals surface area contributed by atoms with Crippen LogP contribution in [0, 0.1) is 0 Å². The van der Waals surface area contributed by atoms with Crippen molar-refractivity contribution in [3.63, 3.8) is 0 Å². The molecule has 0 aliphatic rings. The fraction of sp³-hybridized carbons (Fsp3) is 0.211. The summed E-state index contributed by atoms with van der Waals surface area (Å²) in [5.41, 5.74) is 0.970. The molecule has 0 saturated carbocycles. The average Bonchev–Trinajstić information content (AvgIpc) is 3.15. The van der Waals surface area contributed by atoms with E-state index in [0.717, 1.165) is 16.3 Å². The Balaban J connectivity index is 1.92. The van der Waals surface area contributed by atoms with Gasteiger partial charge in [-0.25, -0.2) is 0 Å². The number of hydrogen-bond acceptors (Lipinski definition) is 3. The molecule has 5 heteroatoms. The Morgan fingerprint density at radius 2 is 1.92 bits per heavy atom. The molecule has 0 bridgehead atoms. The molecule has 0 aliphatic carbocycles. The number of hydrogen-bond donors (Lipinski definition) is 1. The van der Waals surface area contributed by atoms with Gasteiger partial charge in [0.2, 0.25) is 5.91 Å². The summed E-state index contributed by atoms with van der Waals surface area (Å²) >= 11 is 5.77. The van der Waals surface area contributed by atoms with Gasteiger partial charge >= 0.3 is 0 Å². The molecule has 0 spiro atoms. The third-order valence-corrected chi connectivity index (χ3v) is 4.25. The molecule has 124 valence electrons. The largest absolute Gasteiger partial charge is 0.467 e. The summed E-state index contributed by atoms with van der Waals surface area (Å²) in [7, 11) is 0. The van der Waals surface area contributed by atoms with Crippen LogP contribution in [0.25, 0.3) is 10.8 Å². The molecular formula is C19H18ClNO3. The Hall–Kier alpha value is -2.30. The van der Waals surface area contributed by atoms with Crippen LogP contribution < -0.4 is 0 Å². The summed E-state index contributed by atoms with van der Waals surface area (Å²) in [5.74, 6) is 0.141. The van der Waals surface area contributed by atoms with Gasteiger partial charge in [-0.15, -0.1) is 11.6 Å². The van der Waals surface area contributed by atoms with Gasteiger partial charge in [0.1, 0.15) is 17.7 Å². The zero-order chi connectivity index (χ0) is 16.9. The van der Waals surface area contributed by atoms with Crippen LogP contribution in [0.2, 0.25) is 0 Å². The number of alkyl halides is 1. The minimum atomic E-state index is -0.558. The molecule has 3 aromatic rings. The lowest BCUT2D eigenvalue weighted by Crippen LogP contribution is -2.37. The number of rotatable bonds is 6. The van der Waals surface area contributed by atoms with E-state index in [1.165, 1.54) is 6.26 Å². The third kappa shape index (κ3) is 3.45. The van der Waals surface area contributed by atoms with Gasteiger partial charge < -0.3 is 14.4 Å². The minimum Gasteiger partial charge on any atom is -0.467 e. The molecule has 1 unspecified atom stereocenters. The number of aliphatic hydroxyl groups is 1. The lowest BCUT2D eigenvalue weighted by atomic mass is 10.1. The maximum Gasteiger partial charge on any atom is 0.238 e. The van der Waals surface area contributed by atoms with Gasteiger partial charge in [0, 0.05) is 6.54 Å². The highest BCUT2D eigenvalue weighted by Gasteiger charge is 2.26. The van der Waals surface area contributed by atoms with Gasteiger partial charge in [0.25, 0.3) is 0 Å². The molecule has 1 heterocycles. The Bertz CT molecular complexity index is 816. The topological polar surface area (TPSA) is 53.7 Å². The minimum absolute atomic E-state index is 0.148. The molecule has 1 amide bonds. The summed E-state index contributed by atoms with van der Waals surface area (Å²) in [4.78, 5) is 13.9. The lowest BCUT2D eigenvalue weighted by Gasteiger charge is -2.29. The molecule has 0 radical (unpaired) electrons. The van der Waals surface area contributed by atoms with Gasteiger partial charge in [-0.1, -0.05) is 36.4 Å². The monoisotopic (exact) mass is 343 g/mol. The van der Waals surface area contributed by atoms with E-state index in [1.807, 2.05) is 42.5 Å². The molecule has 1 N–H and O–H groups in total. The number of halogens is 1. The number of carbonyl (C=O) groups excluding carboxylic acids is 1. The predicted octanol–water partition coefficient (Wildman–Crippen LogP) is 3.73. The summed E-state index contributed by atoms with van der Waals surface area (Å²) in [6, 6.07) is 17.0. The molecule has 24 heavy (non-hydrogen) atoms. The van der Waals surface area contributed by atoms with Gasteiger partial charge in [-0.3, -0.25) is 4.79 Å². The Morgan fingerprint density at radius 3 is 2.58 bits per heavy atom. The fourth-order valence-electron chi connectivity index (χ4n) is 2.81. The second-order valence-electron chi connectivity index (χ2n) is 5.55. The van der Waals surface area contributed by atoms with E-state index >= 15 is 0 Å². The van der Waals surface area contributed by atoms with Crippen LogP contribution in [0.1, 0.15) is 17.4 Å². The van der Waals surface area contributed by atoms with Crippen LogP contribution in [-0.2, 0) is 11.3 Å². The van der Waals surface area contributed by atoms with E-state index in [2.05, 4.69) is 0 Å². The van der Waals surface area contributed by atoms with Crippen molar-refractivity contribution < 1.29 is 14.3 Å². The van der Waals surface area contributed by atoms with Gasteiger partial charge in [-0.2, -0.15) is 0 Å². The average molecular weight is 344 g/mol. The van der Waals surface area contributed by atoms with Gasteiger partial charge in [0.15, 0.2) is 0 Å². The van der Waals surface area contributed by atoms with Crippen molar-refractivity contribution in [2.24, 2.45) is 0 Å². The first-order valence-electron chi connectivity index (χ1n) is 7.70. The normalized spacial score (nSPS) is 12.2. The van der Waals surface area contributed by atoms with Crippen molar-refractivity contribution in [1.29, 1.82) is 0 Å². The van der Waals surface area contributed by atoms with Crippen molar-refractivity contribution >= 4 is 28.3 Å². The number of aliphatic hydroxyl groups excluding tert-OH is 1. The molecule has 1 atom stereocenters. The highest BCUT2D eigenvalue weighted by atomic mass is 35.5. The van der Waals surface area contributed by atoms with E-state index in [9.17, 15) is 9.90 Å². The van der Waals surface area contributed by atoms with Crippen LogP contribution in [0.15, 0.2) is 65.3 Å². The number of carbonyl (C=O) groups is 1. The smallest absolute Gasteiger partial charge is 0.238 e. The first kappa shape index (κ1) is 16.6. The number of benzene rings is 2. The number of fused-ring (bicyclic) bond motifs is 1. The molecular weight excluding hydrogens is 326 g/mol. The van der Waals surface area contributed by atoms with Crippen molar-refractivity contribution in [2.45, 2.75) is 12.6 Å². The van der Waals surface area contributed by atoms with Crippen LogP contribution >= 0.6 is 11.6 Å². The maximum absolute atomic E-state index is 12.3. The molecule has 2 aromatic carbocycles. The SMILES string of the molecule is O=C(CCl)N(Cc1ccc2ccccc2c1)C(CO)c1ccco1. The van der Waals surface area contributed by atoms with Crippen LogP contribution in [0.5, 0.6) is 0 Å². The van der Waals surface area contributed by atoms with E-state index in [0.29, 0.717) is 12.3 Å². The summed E-state index contributed by atoms with van der Waals surface area (Å²) in [6.07, 6.45) is 1.53. The Morgan fingerprint density at radius 1 is 1.12 bits per heavy atom. The zero-order valence-electron chi connectivity index (χ0n) is 13.1. The molecule has 4 nitrogen and oxygen atoms in total. The molecule has 3 rings (SSSR count). The number of nitrogens with zero attached hydrogens (tertiary/aromatic N) is 1. The fourth-order valence-corrected chi connectivity index (χ4v) is 2.96. The molecule has 0 fully saturated rings. The highest BCUT2D eigenvalue weighted by molar-refractivity contribution is 6.27. The van der Waals surface area contributed by atoms with Crippen LogP contribution in [-0.4, -0.2) is 28.4 Å². The predicted molar refractivity (Wildman–Crippen MR) is 93.8 cm³/mol. The maximum atomic E-state index is 12.3. The van der Waals surface area contributed by atoms with Crippen LogP contribution in [0.4, 0.5) is 0 Å². The quantitative estimate of drug-likeness (QED) is 0.694. The van der Waals surface area contributed by atoms with Crippen molar-refractivity contribution in [1.82, 2.24) is 4.90 Å². The number of furan rings is 1. The molecule has 0 aliphatic heterocycles. The van der Waals surface area contributed by atoms with E-state index in [1.54, 1.807) is 17.0 Å². The third-order valence-electron chi connectivity index (χ3n) is 4.02. The molecule has 0 saturated heterocycles. The summed E-state index contributed by atoms with van der Waals surface area (Å²) in [5, 5.41) is 12.0. The highest BCUT2D eigenvalue weighted by Crippen LogP contribution is 2.25. The van der Waals surface area contributed by atoms with Crippen LogP contribution in [0.3, 0.4) is 0 Å². The first-order chi connectivity index (χ1) is 11.7. The van der Waals surface area contributed by atoms with Crippen molar-refractivity contribution in [3.05, 3.63) is 72.2 Å². The van der Waals surface area contributed by atoms with Crippen molar-refractivity contribution in [2.75, 3.05) is 12.5 Å². The van der Waals surface area contributed by atoms with E-state index in [-0.39, 0.29) is 18.4 Å². The number of amides is 1. The zero-order valence-corrected chi connectivity index (χ0v) is 13.8. The standard InChI is InChI=1S/C19H18ClNO3/c20-11-19(23)21(17(13-22)18-6-3-9-24-18)12-14-7-8-15-4-1-2-5-16(15)10-14/h1-10,17,22H,11-13H2. The Kier molecular flexibility index (Phi) is 5.18. The second-order valence-corrected chi connectivity index (χ2v) is 5.82. The van der Waals surface area contributed by atoms with Crippen molar-refractivity contribution in [3.8, 4) is 0 Å². The molecule has 1 aromatic heterocycles. The van der Waals surface area contributed by atoms with E-state index < -0.39 is 6.04 Å². The Labute approximate surface area is 145 Å². The van der Waals surface area contributed by atoms with E-state index in [4.69, 9.17) is 16.0 Å². The lowest BCUT2D eigenvalue weighted by molar-refractivity contribution is -0.133. The summed E-state index contributed by atoms with van der Waals surface area (Å²) in [6.45, 7) is 0.117. The van der Waals surface area contributed by atoms with Gasteiger partial charge in [-0.05, 0) is 34.5 Å². The first-order valence-corrected chi connectivity index (χ1v) is 8.23. The summed E-state index contributed by atoms with van der Waals surface area (Å²) < 4.78 is 5.37.